The molecule has 0 spiro atoms. The van der Waals surface area contributed by atoms with Crippen LogP contribution in [-0.4, -0.2) is 19.6 Å². The third-order valence-corrected chi connectivity index (χ3v) is 3.35. The summed E-state index contributed by atoms with van der Waals surface area (Å²) < 4.78 is 0. The van der Waals surface area contributed by atoms with E-state index in [2.05, 4.69) is 42.3 Å². The van der Waals surface area contributed by atoms with Gasteiger partial charge in [-0.2, -0.15) is 0 Å². The summed E-state index contributed by atoms with van der Waals surface area (Å²) in [7, 11) is 2.00. The van der Waals surface area contributed by atoms with Gasteiger partial charge in [0.25, 0.3) is 0 Å². The van der Waals surface area contributed by atoms with E-state index in [-0.39, 0.29) is 0 Å². The van der Waals surface area contributed by atoms with Crippen LogP contribution in [0.25, 0.3) is 0 Å². The molecule has 0 amide bonds. The summed E-state index contributed by atoms with van der Waals surface area (Å²) in [6, 6.07) is 7.65. The molecule has 88 valence electrons. The fourth-order valence-corrected chi connectivity index (χ4v) is 2.29. The van der Waals surface area contributed by atoms with Crippen molar-refractivity contribution in [3.05, 3.63) is 29.3 Å². The van der Waals surface area contributed by atoms with Gasteiger partial charge in [0.2, 0.25) is 0 Å². The summed E-state index contributed by atoms with van der Waals surface area (Å²) in [4.78, 5) is 2.52. The lowest BCUT2D eigenvalue weighted by Crippen LogP contribution is -2.25. The maximum absolute atomic E-state index is 3.21. The number of anilines is 1. The van der Waals surface area contributed by atoms with E-state index in [9.17, 15) is 0 Å². The van der Waals surface area contributed by atoms with Gasteiger partial charge in [0.05, 0.1) is 0 Å². The largest absolute Gasteiger partial charge is 0.369 e. The first-order valence-corrected chi connectivity index (χ1v) is 6.27. The molecule has 0 saturated heterocycles. The highest BCUT2D eigenvalue weighted by molar-refractivity contribution is 5.52. The van der Waals surface area contributed by atoms with E-state index in [1.54, 1.807) is 0 Å². The number of nitrogens with one attached hydrogen (secondary N) is 1. The fraction of sp³-hybridized carbons (Fsp3) is 0.571. The van der Waals surface area contributed by atoms with Gasteiger partial charge in [0, 0.05) is 24.8 Å². The third-order valence-electron chi connectivity index (χ3n) is 3.35. The average molecular weight is 218 g/mol. The van der Waals surface area contributed by atoms with Crippen LogP contribution in [0.2, 0.25) is 0 Å². The topological polar surface area (TPSA) is 15.3 Å². The van der Waals surface area contributed by atoms with Crippen molar-refractivity contribution in [1.29, 1.82) is 0 Å². The lowest BCUT2D eigenvalue weighted by atomic mass is 10.1. The zero-order valence-corrected chi connectivity index (χ0v) is 10.6. The Balaban J connectivity index is 2.18. The van der Waals surface area contributed by atoms with E-state index in [0.717, 1.165) is 19.1 Å². The highest BCUT2D eigenvalue weighted by atomic mass is 15.2. The van der Waals surface area contributed by atoms with Crippen molar-refractivity contribution >= 4 is 5.69 Å². The van der Waals surface area contributed by atoms with Crippen molar-refractivity contribution in [1.82, 2.24) is 5.32 Å². The summed E-state index contributed by atoms with van der Waals surface area (Å²) >= 11 is 0. The fourth-order valence-electron chi connectivity index (χ4n) is 2.29. The first-order chi connectivity index (χ1) is 7.76. The van der Waals surface area contributed by atoms with Gasteiger partial charge in [-0.1, -0.05) is 6.07 Å². The van der Waals surface area contributed by atoms with Gasteiger partial charge < -0.3 is 10.2 Å². The van der Waals surface area contributed by atoms with E-state index in [4.69, 9.17) is 0 Å². The monoisotopic (exact) mass is 218 g/mol. The Kier molecular flexibility index (Phi) is 3.49. The Hall–Kier alpha value is -1.02. The summed E-state index contributed by atoms with van der Waals surface area (Å²) in [6.07, 6.45) is 2.73. The highest BCUT2D eigenvalue weighted by Gasteiger charge is 2.28. The summed E-state index contributed by atoms with van der Waals surface area (Å²) in [5.74, 6) is 0. The second-order valence-corrected chi connectivity index (χ2v) is 4.66. The number of rotatable bonds is 5. The Morgan fingerprint density at radius 3 is 2.62 bits per heavy atom. The van der Waals surface area contributed by atoms with Crippen molar-refractivity contribution < 1.29 is 0 Å². The average Bonchev–Trinajstić information content (AvgIpc) is 3.07. The van der Waals surface area contributed by atoms with Crippen LogP contribution in [0.5, 0.6) is 0 Å². The molecular weight excluding hydrogens is 196 g/mol. The smallest absolute Gasteiger partial charge is 0.0371 e. The molecule has 1 aromatic carbocycles. The van der Waals surface area contributed by atoms with Crippen LogP contribution in [0, 0.1) is 6.92 Å². The van der Waals surface area contributed by atoms with E-state index < -0.39 is 0 Å². The highest BCUT2D eigenvalue weighted by Crippen LogP contribution is 2.32. The van der Waals surface area contributed by atoms with Crippen molar-refractivity contribution in [3.63, 3.8) is 0 Å². The standard InChI is InChI=1S/C14H22N2/c1-4-16(13-7-8-13)14-6-5-12(10-15-3)11(2)9-14/h5-6,9,13,15H,4,7-8,10H2,1-3H3. The van der Waals surface area contributed by atoms with E-state index >= 15 is 0 Å². The second-order valence-electron chi connectivity index (χ2n) is 4.66. The minimum atomic E-state index is 0.805. The molecule has 1 aliphatic rings. The number of benzene rings is 1. The van der Waals surface area contributed by atoms with Gasteiger partial charge in [-0.15, -0.1) is 0 Å². The predicted octanol–water partition coefficient (Wildman–Crippen LogP) is 2.70. The number of nitrogens with zero attached hydrogens (tertiary/aromatic N) is 1. The van der Waals surface area contributed by atoms with Crippen molar-refractivity contribution in [2.75, 3.05) is 18.5 Å². The van der Waals surface area contributed by atoms with Crippen LogP contribution < -0.4 is 10.2 Å². The lowest BCUT2D eigenvalue weighted by Gasteiger charge is -2.23. The number of hydrogen-bond acceptors (Lipinski definition) is 2. The molecule has 1 aliphatic carbocycles. The minimum absolute atomic E-state index is 0.805. The SMILES string of the molecule is CCN(c1ccc(CNC)c(C)c1)C1CC1. The van der Waals surface area contributed by atoms with E-state index in [1.165, 1.54) is 29.7 Å². The zero-order valence-electron chi connectivity index (χ0n) is 10.6. The molecule has 2 nitrogen and oxygen atoms in total. The molecule has 1 fully saturated rings. The molecule has 0 aliphatic heterocycles. The molecule has 0 bridgehead atoms. The van der Waals surface area contributed by atoms with Crippen molar-refractivity contribution in [2.24, 2.45) is 0 Å². The molecule has 1 aromatic rings. The van der Waals surface area contributed by atoms with Gasteiger partial charge >= 0.3 is 0 Å². The van der Waals surface area contributed by atoms with Crippen LogP contribution in [0.1, 0.15) is 30.9 Å². The van der Waals surface area contributed by atoms with Gasteiger partial charge in [-0.25, -0.2) is 0 Å². The molecule has 0 heterocycles. The third kappa shape index (κ3) is 2.38. The quantitative estimate of drug-likeness (QED) is 0.817. The first kappa shape index (κ1) is 11.5. The number of hydrogen-bond donors (Lipinski definition) is 1. The lowest BCUT2D eigenvalue weighted by molar-refractivity contribution is 0.805. The molecule has 0 atom stereocenters. The van der Waals surface area contributed by atoms with Crippen molar-refractivity contribution in [2.45, 2.75) is 39.3 Å². The zero-order chi connectivity index (χ0) is 11.5. The summed E-state index contributed by atoms with van der Waals surface area (Å²) in [6.45, 7) is 6.53. The molecule has 0 aromatic heterocycles. The van der Waals surface area contributed by atoms with Crippen LogP contribution >= 0.6 is 0 Å². The molecule has 0 radical (unpaired) electrons. The molecule has 1 saturated carbocycles. The van der Waals surface area contributed by atoms with Crippen molar-refractivity contribution in [3.8, 4) is 0 Å². The molecule has 2 rings (SSSR count). The van der Waals surface area contributed by atoms with Gasteiger partial charge in [-0.05, 0) is 57.0 Å². The van der Waals surface area contributed by atoms with Crippen LogP contribution in [-0.2, 0) is 6.54 Å². The van der Waals surface area contributed by atoms with Crippen LogP contribution in [0.4, 0.5) is 5.69 Å². The molecular formula is C14H22N2. The van der Waals surface area contributed by atoms with Gasteiger partial charge in [-0.3, -0.25) is 0 Å². The second kappa shape index (κ2) is 4.88. The Morgan fingerprint density at radius 1 is 1.38 bits per heavy atom. The minimum Gasteiger partial charge on any atom is -0.369 e. The van der Waals surface area contributed by atoms with E-state index in [0.29, 0.717) is 0 Å². The Morgan fingerprint density at radius 2 is 2.12 bits per heavy atom. The summed E-state index contributed by atoms with van der Waals surface area (Å²) in [5, 5.41) is 3.21. The van der Waals surface area contributed by atoms with Crippen LogP contribution in [0.3, 0.4) is 0 Å². The first-order valence-electron chi connectivity index (χ1n) is 6.27. The maximum Gasteiger partial charge on any atom is 0.0371 e. The summed E-state index contributed by atoms with van der Waals surface area (Å²) in [5.41, 5.74) is 4.19. The molecule has 1 N–H and O–H groups in total. The van der Waals surface area contributed by atoms with Crippen LogP contribution in [0.15, 0.2) is 18.2 Å². The normalized spacial score (nSPS) is 15.2. The van der Waals surface area contributed by atoms with Gasteiger partial charge in [0.15, 0.2) is 0 Å². The predicted molar refractivity (Wildman–Crippen MR) is 70.0 cm³/mol. The van der Waals surface area contributed by atoms with E-state index in [1.807, 2.05) is 7.05 Å². The Labute approximate surface area is 98.7 Å². The maximum atomic E-state index is 3.21. The number of aryl methyl sites for hydroxylation is 1. The molecule has 0 unspecified atom stereocenters. The van der Waals surface area contributed by atoms with Gasteiger partial charge in [0.1, 0.15) is 0 Å². The Bertz CT molecular complexity index is 356. The molecule has 2 heteroatoms. The molecule has 16 heavy (non-hydrogen) atoms.